The molecule has 2 atom stereocenters. The van der Waals surface area contributed by atoms with E-state index in [4.69, 9.17) is 47.8 Å². The van der Waals surface area contributed by atoms with Gasteiger partial charge in [0.05, 0.1) is 43.8 Å². The molecule has 0 radical (unpaired) electrons. The van der Waals surface area contributed by atoms with Crippen molar-refractivity contribution >= 4 is 95.5 Å². The molecule has 394 valence electrons. The lowest BCUT2D eigenvalue weighted by atomic mass is 9.38. The summed E-state index contributed by atoms with van der Waals surface area (Å²) in [5.74, 6) is -3.37. The molecule has 4 heterocycles. The second kappa shape index (κ2) is 20.4. The van der Waals surface area contributed by atoms with Crippen molar-refractivity contribution in [2.24, 2.45) is 20.8 Å². The molecule has 6 aliphatic carbocycles. The highest BCUT2D eigenvalue weighted by Gasteiger charge is 2.73. The first-order valence-corrected chi connectivity index (χ1v) is 28.9. The van der Waals surface area contributed by atoms with E-state index in [0.717, 1.165) is 13.2 Å². The van der Waals surface area contributed by atoms with Gasteiger partial charge in [-0.25, -0.2) is 54.6 Å². The molecule has 2 aromatic heterocycles. The maximum absolute atomic E-state index is 13.9. The lowest BCUT2D eigenvalue weighted by Crippen LogP contribution is -2.76. The number of thiazole rings is 2. The van der Waals surface area contributed by atoms with Crippen LogP contribution in [0.15, 0.2) is 92.1 Å². The highest BCUT2D eigenvalue weighted by Crippen LogP contribution is 2.72. The summed E-state index contributed by atoms with van der Waals surface area (Å²) in [7, 11) is -6.43. The van der Waals surface area contributed by atoms with Crippen molar-refractivity contribution < 1.29 is 59.3 Å². The average molecular weight is 1140 g/mol. The number of aromatic nitrogens is 2. The van der Waals surface area contributed by atoms with Crippen molar-refractivity contribution in [3.63, 3.8) is 0 Å². The largest absolute Gasteiger partial charge is 0.468 e. The van der Waals surface area contributed by atoms with E-state index in [9.17, 15) is 40.0 Å². The van der Waals surface area contributed by atoms with Gasteiger partial charge < -0.3 is 30.0 Å². The van der Waals surface area contributed by atoms with Crippen LogP contribution in [0.4, 0.5) is 8.78 Å². The Kier molecular flexibility index (Phi) is 14.7. The number of nitrogens with one attached hydrogen (secondary N) is 4. The third kappa shape index (κ3) is 10.3. The zero-order valence-electron chi connectivity index (χ0n) is 39.7. The number of rotatable bonds is 18. The van der Waals surface area contributed by atoms with E-state index < -0.39 is 95.9 Å². The Balaban J connectivity index is 0.000000182. The highest BCUT2D eigenvalue weighted by atomic mass is 35.5. The normalized spacial score (nSPS) is 26.5. The topological polar surface area (TPSA) is 266 Å². The van der Waals surface area contributed by atoms with Crippen LogP contribution in [-0.2, 0) is 48.6 Å². The zero-order chi connectivity index (χ0) is 53.0. The highest BCUT2D eigenvalue weighted by molar-refractivity contribution is 7.90. The summed E-state index contributed by atoms with van der Waals surface area (Å²) in [6.07, 6.45) is 5.82. The number of nitrogens with zero attached hydrogens (tertiary/aromatic N) is 4. The number of halogens is 4. The molecule has 4 aromatic rings. The van der Waals surface area contributed by atoms with Crippen LogP contribution in [0, 0.1) is 22.5 Å². The summed E-state index contributed by atoms with van der Waals surface area (Å²) in [4.78, 5) is 56.4. The number of esters is 3. The van der Waals surface area contributed by atoms with Crippen molar-refractivity contribution in [3.05, 3.63) is 125 Å². The molecule has 0 saturated heterocycles. The number of aliphatic imine (C=N–C) groups is 2. The first-order valence-electron chi connectivity index (χ1n) is 23.0. The number of hydrogen-bond acceptors (Lipinski definition) is 19. The fraction of sp³-hybridized carbons (Fsp3) is 0.426. The summed E-state index contributed by atoms with van der Waals surface area (Å²) in [5, 5.41) is 20.6. The van der Waals surface area contributed by atoms with E-state index in [1.165, 1.54) is 53.0 Å². The lowest BCUT2D eigenvalue weighted by molar-refractivity contribution is -0.141. The number of amidine groups is 2. The molecule has 0 amide bonds. The molecular formula is C47H48Cl2F2N8O11S4. The number of allylic oxidation sites excluding steroid dienone is 2. The average Bonchev–Trinajstić information content (AvgIpc) is 4.04. The number of aliphatic hydroxyl groups excluding tert-OH is 1. The zero-order valence-corrected chi connectivity index (χ0v) is 44.4. The first-order chi connectivity index (χ1) is 35.1. The molecule has 74 heavy (non-hydrogen) atoms. The van der Waals surface area contributed by atoms with Crippen molar-refractivity contribution in [2.75, 3.05) is 38.4 Å². The minimum absolute atomic E-state index is 0.102. The molecule has 27 heteroatoms. The van der Waals surface area contributed by atoms with Gasteiger partial charge in [0.25, 0.3) is 0 Å². The number of hydrogen-bond donors (Lipinski definition) is 5. The third-order valence-corrected chi connectivity index (χ3v) is 18.7. The van der Waals surface area contributed by atoms with Crippen LogP contribution in [0.2, 0.25) is 10.0 Å². The van der Waals surface area contributed by atoms with E-state index in [-0.39, 0.29) is 40.2 Å². The molecule has 2 aromatic carbocycles. The summed E-state index contributed by atoms with van der Waals surface area (Å²) in [6.45, 7) is 3.17. The van der Waals surface area contributed by atoms with Gasteiger partial charge in [-0.15, -0.1) is 22.7 Å². The van der Waals surface area contributed by atoms with Gasteiger partial charge >= 0.3 is 17.9 Å². The molecule has 8 aliphatic rings. The van der Waals surface area contributed by atoms with Crippen LogP contribution in [0.3, 0.4) is 0 Å². The Hall–Kier alpha value is -5.25. The molecule has 5 N–H and O–H groups in total. The summed E-state index contributed by atoms with van der Waals surface area (Å²) in [6, 6.07) is 6.05. The minimum Gasteiger partial charge on any atom is -0.468 e. The Bertz CT molecular complexity index is 3240. The van der Waals surface area contributed by atoms with Crippen molar-refractivity contribution in [1.82, 2.24) is 30.0 Å². The molecule has 6 fully saturated rings. The number of carbonyl (C=O) groups is 3. The maximum atomic E-state index is 13.9. The maximum Gasteiger partial charge on any atom is 0.338 e. The fourth-order valence-electron chi connectivity index (χ4n) is 11.0. The van der Waals surface area contributed by atoms with Gasteiger partial charge in [0.1, 0.15) is 23.7 Å². The predicted octanol–water partition coefficient (Wildman–Crippen LogP) is 5.54. The summed E-state index contributed by atoms with van der Waals surface area (Å²) >= 11 is 15.5. The van der Waals surface area contributed by atoms with E-state index >= 15 is 0 Å². The van der Waals surface area contributed by atoms with Crippen molar-refractivity contribution in [2.45, 2.75) is 75.5 Å². The second-order valence-electron chi connectivity index (χ2n) is 18.8. The molecule has 0 spiro atoms. The number of ether oxygens (including phenoxy) is 3. The molecule has 2 aliphatic heterocycles. The quantitative estimate of drug-likeness (QED) is 0.0605. The monoisotopic (exact) mass is 1140 g/mol. The molecule has 4 bridgehead atoms. The minimum atomic E-state index is -3.92. The van der Waals surface area contributed by atoms with E-state index in [1.54, 1.807) is 37.0 Å². The van der Waals surface area contributed by atoms with Gasteiger partial charge in [-0.3, -0.25) is 14.8 Å². The van der Waals surface area contributed by atoms with Gasteiger partial charge in [0.2, 0.25) is 20.0 Å². The molecule has 6 saturated carbocycles. The van der Waals surface area contributed by atoms with Crippen LogP contribution in [0.1, 0.15) is 85.6 Å². The van der Waals surface area contributed by atoms with Crippen LogP contribution >= 0.6 is 45.9 Å². The van der Waals surface area contributed by atoms with Gasteiger partial charge in [0.15, 0.2) is 27.4 Å². The van der Waals surface area contributed by atoms with E-state index in [1.807, 2.05) is 0 Å². The van der Waals surface area contributed by atoms with Gasteiger partial charge in [-0.05, 0) is 76.6 Å². The standard InChI is InChI=1S/C24H24ClFN4O6S2.C23H24ClFN4O5S2/c1-3-36-22(32)17-18(14-5-4-13(26)8-15(14)25)28-20(21-27-6-7-37-21)29-19(17)23-10-24(11-23,12-23)30-38(33,34)9-16(31)35-2;1-2-34-21(31)16-17(14-4-3-13(25)9-15(14)24)27-19(20-26-5-7-35-20)28-18(16)22-10-23(11-22,12-22)29-36(32,33)8-6-30/h4-8,18,30H,3,9-12H2,1-2H3,(H,28,29);3-5,7,9,17,29-30H,2,6,8,10-12H2,1H3,(H,27,28). The molecule has 12 rings (SSSR count). The Labute approximate surface area is 442 Å². The Morgan fingerprint density at radius 3 is 1.50 bits per heavy atom. The lowest BCUT2D eigenvalue weighted by Gasteiger charge is -2.71. The predicted molar refractivity (Wildman–Crippen MR) is 270 cm³/mol. The first kappa shape index (κ1) is 53.6. The molecular weight excluding hydrogens is 1090 g/mol. The third-order valence-electron chi connectivity index (χ3n) is 13.6. The molecule has 19 nitrogen and oxygen atoms in total. The number of sulfonamides is 2. The fourth-order valence-corrected chi connectivity index (χ4v) is 15.3. The SMILES string of the molecule is CCOC(=O)C1=C(C23CC(NS(=O)(=O)CC(=O)OC)(C2)C3)NC(c2nccs2)=NC1c1ccc(F)cc1Cl.CCOC(=O)C1=C(C23CC(NS(=O)(=O)CCO)(C2)C3)NC(c2nccs2)=NC1c1ccc(F)cc1Cl. The number of methoxy groups -OCH3 is 1. The van der Waals surface area contributed by atoms with Crippen molar-refractivity contribution in [3.8, 4) is 0 Å². The van der Waals surface area contributed by atoms with Gasteiger partial charge in [0, 0.05) is 77.6 Å². The number of benzene rings is 2. The van der Waals surface area contributed by atoms with Crippen LogP contribution in [0.25, 0.3) is 0 Å². The number of aliphatic hydroxyl groups is 1. The van der Waals surface area contributed by atoms with Crippen molar-refractivity contribution in [1.29, 1.82) is 0 Å². The summed E-state index contributed by atoms with van der Waals surface area (Å²) < 4.78 is 97.9. The second-order valence-corrected chi connectivity index (χ2v) is 25.0. The van der Waals surface area contributed by atoms with Gasteiger partial charge in [-0.1, -0.05) is 35.3 Å². The number of carbonyl (C=O) groups excluding carboxylic acids is 3. The van der Waals surface area contributed by atoms with Gasteiger partial charge in [-0.2, -0.15) is 0 Å². The van der Waals surface area contributed by atoms with E-state index in [0.29, 0.717) is 82.7 Å². The Morgan fingerprint density at radius 1 is 0.730 bits per heavy atom. The van der Waals surface area contributed by atoms with E-state index in [2.05, 4.69) is 34.8 Å². The van der Waals surface area contributed by atoms with Crippen LogP contribution in [0.5, 0.6) is 0 Å². The smallest absolute Gasteiger partial charge is 0.338 e. The summed E-state index contributed by atoms with van der Waals surface area (Å²) in [5.41, 5.74) is 0.0608. The molecule has 2 unspecified atom stereocenters. The Morgan fingerprint density at radius 2 is 1.15 bits per heavy atom. The van der Waals surface area contributed by atoms with Crippen LogP contribution in [-0.4, -0.2) is 111 Å². The van der Waals surface area contributed by atoms with Crippen LogP contribution < -0.4 is 20.1 Å².